The lowest BCUT2D eigenvalue weighted by molar-refractivity contribution is 0.0690. The van der Waals surface area contributed by atoms with Crippen molar-refractivity contribution in [2.75, 3.05) is 12.4 Å². The number of ether oxygens (including phenoxy) is 1. The summed E-state index contributed by atoms with van der Waals surface area (Å²) in [7, 11) is 3.15. The van der Waals surface area contributed by atoms with Gasteiger partial charge in [-0.1, -0.05) is 12.1 Å². The Kier molecular flexibility index (Phi) is 4.84. The van der Waals surface area contributed by atoms with Gasteiger partial charge in [0.25, 0.3) is 5.91 Å². The third kappa shape index (κ3) is 3.47. The smallest absolute Gasteiger partial charge is 0.358 e. The van der Waals surface area contributed by atoms with E-state index in [1.165, 1.54) is 17.1 Å². The summed E-state index contributed by atoms with van der Waals surface area (Å²) in [5.41, 5.74) is 1.32. The van der Waals surface area contributed by atoms with Crippen LogP contribution in [-0.4, -0.2) is 43.8 Å². The molecule has 2 N–H and O–H groups in total. The first-order valence-corrected chi connectivity index (χ1v) is 7.96. The summed E-state index contributed by atoms with van der Waals surface area (Å²) in [6.07, 6.45) is 2.74. The number of hydrogen-bond acceptors (Lipinski definition) is 6. The quantitative estimate of drug-likeness (QED) is 0.709. The van der Waals surface area contributed by atoms with Crippen molar-refractivity contribution in [1.29, 1.82) is 0 Å². The monoisotopic (exact) mass is 367 g/mol. The number of aromatic nitrogens is 4. The van der Waals surface area contributed by atoms with Crippen LogP contribution in [0.15, 0.2) is 36.7 Å². The van der Waals surface area contributed by atoms with Gasteiger partial charge in [-0.3, -0.25) is 9.48 Å². The zero-order valence-corrected chi connectivity index (χ0v) is 14.9. The number of aromatic carboxylic acids is 1. The molecule has 0 atom stereocenters. The van der Waals surface area contributed by atoms with Crippen molar-refractivity contribution in [3.05, 3.63) is 53.6 Å². The van der Waals surface area contributed by atoms with Gasteiger partial charge in [0.1, 0.15) is 5.75 Å². The van der Waals surface area contributed by atoms with E-state index in [0.717, 1.165) is 0 Å². The number of rotatable bonds is 5. The molecular weight excluding hydrogens is 350 g/mol. The van der Waals surface area contributed by atoms with Crippen molar-refractivity contribution in [2.24, 2.45) is 7.05 Å². The normalized spacial score (nSPS) is 10.5. The molecular formula is C18H17N5O4. The lowest BCUT2D eigenvalue weighted by Crippen LogP contribution is -2.15. The molecule has 1 amide bonds. The fourth-order valence-corrected chi connectivity index (χ4v) is 2.51. The van der Waals surface area contributed by atoms with E-state index >= 15 is 0 Å². The van der Waals surface area contributed by atoms with Gasteiger partial charge >= 0.3 is 5.97 Å². The second-order valence-corrected chi connectivity index (χ2v) is 5.69. The van der Waals surface area contributed by atoms with Crippen LogP contribution in [0.1, 0.15) is 26.5 Å². The molecule has 0 aliphatic rings. The first-order chi connectivity index (χ1) is 12.9. The summed E-state index contributed by atoms with van der Waals surface area (Å²) >= 11 is 0. The highest BCUT2D eigenvalue weighted by Gasteiger charge is 2.21. The lowest BCUT2D eigenvalue weighted by Gasteiger charge is -2.08. The van der Waals surface area contributed by atoms with Crippen LogP contribution in [0.2, 0.25) is 0 Å². The highest BCUT2D eigenvalue weighted by Crippen LogP contribution is 2.26. The minimum Gasteiger partial charge on any atom is -0.496 e. The topological polar surface area (TPSA) is 119 Å². The van der Waals surface area contributed by atoms with Crippen LogP contribution in [0.5, 0.6) is 5.75 Å². The van der Waals surface area contributed by atoms with E-state index in [1.54, 1.807) is 27.1 Å². The molecule has 0 bridgehead atoms. The molecule has 0 saturated carbocycles. The Hall–Kier alpha value is -3.75. The summed E-state index contributed by atoms with van der Waals surface area (Å²) in [6, 6.07) is 7.27. The van der Waals surface area contributed by atoms with Gasteiger partial charge in [-0.25, -0.2) is 14.8 Å². The van der Waals surface area contributed by atoms with Gasteiger partial charge in [0.05, 0.1) is 29.6 Å². The average Bonchev–Trinajstić information content (AvgIpc) is 2.96. The molecule has 3 rings (SSSR count). The Morgan fingerprint density at radius 1 is 1.19 bits per heavy atom. The molecule has 0 saturated heterocycles. The van der Waals surface area contributed by atoms with Crippen molar-refractivity contribution in [2.45, 2.75) is 6.92 Å². The number of carbonyl (C=O) groups is 2. The fraction of sp³-hybridized carbons (Fsp3) is 0.167. The summed E-state index contributed by atoms with van der Waals surface area (Å²) < 4.78 is 6.67. The predicted molar refractivity (Wildman–Crippen MR) is 96.9 cm³/mol. The predicted octanol–water partition coefficient (Wildman–Crippen LogP) is 2.14. The maximum Gasteiger partial charge on any atom is 0.358 e. The minimum atomic E-state index is -1.23. The molecule has 138 valence electrons. The van der Waals surface area contributed by atoms with Gasteiger partial charge in [-0.15, -0.1) is 0 Å². The third-order valence-corrected chi connectivity index (χ3v) is 4.04. The van der Waals surface area contributed by atoms with Crippen molar-refractivity contribution in [3.63, 3.8) is 0 Å². The highest BCUT2D eigenvalue weighted by molar-refractivity contribution is 6.07. The SMILES string of the molecule is COc1ccccc1-c1ncc(C(=O)Nc2c(C(=O)O)nn(C)c2C)cn1. The van der Waals surface area contributed by atoms with E-state index in [9.17, 15) is 14.7 Å². The number of carboxylic acids is 1. The van der Waals surface area contributed by atoms with Crippen LogP contribution < -0.4 is 10.1 Å². The molecule has 0 unspecified atom stereocenters. The van der Waals surface area contributed by atoms with Crippen LogP contribution in [0.3, 0.4) is 0 Å². The summed E-state index contributed by atoms with van der Waals surface area (Å²) in [5.74, 6) is -0.725. The maximum absolute atomic E-state index is 12.5. The van der Waals surface area contributed by atoms with E-state index < -0.39 is 11.9 Å². The number of aryl methyl sites for hydroxylation is 1. The average molecular weight is 367 g/mol. The maximum atomic E-state index is 12.5. The molecule has 0 aliphatic heterocycles. The Morgan fingerprint density at radius 2 is 1.85 bits per heavy atom. The number of methoxy groups -OCH3 is 1. The third-order valence-electron chi connectivity index (χ3n) is 4.04. The molecule has 2 heterocycles. The Morgan fingerprint density at radius 3 is 2.48 bits per heavy atom. The lowest BCUT2D eigenvalue weighted by atomic mass is 10.2. The van der Waals surface area contributed by atoms with E-state index in [1.807, 2.05) is 18.2 Å². The Bertz CT molecular complexity index is 1010. The van der Waals surface area contributed by atoms with Gasteiger partial charge in [-0.2, -0.15) is 5.10 Å². The van der Waals surface area contributed by atoms with Crippen molar-refractivity contribution in [3.8, 4) is 17.1 Å². The first kappa shape index (κ1) is 18.1. The van der Waals surface area contributed by atoms with Crippen molar-refractivity contribution >= 4 is 17.6 Å². The molecule has 2 aromatic heterocycles. The summed E-state index contributed by atoms with van der Waals surface area (Å²) in [5, 5.41) is 15.7. The molecule has 0 fully saturated rings. The number of para-hydroxylation sites is 1. The number of carbonyl (C=O) groups excluding carboxylic acids is 1. The summed E-state index contributed by atoms with van der Waals surface area (Å²) in [4.78, 5) is 32.2. The molecule has 27 heavy (non-hydrogen) atoms. The number of benzene rings is 1. The largest absolute Gasteiger partial charge is 0.496 e. The Balaban J connectivity index is 1.86. The molecule has 0 aliphatic carbocycles. The van der Waals surface area contributed by atoms with Gasteiger partial charge in [0.2, 0.25) is 0 Å². The standard InChI is InChI=1S/C18H17N5O4/c1-10-14(15(18(25)26)22-23(10)2)21-17(24)11-8-19-16(20-9-11)12-6-4-5-7-13(12)27-3/h4-9H,1-3H3,(H,21,24)(H,25,26). The molecule has 0 spiro atoms. The van der Waals surface area contributed by atoms with Crippen molar-refractivity contribution < 1.29 is 19.4 Å². The van der Waals surface area contributed by atoms with Gasteiger partial charge in [-0.05, 0) is 19.1 Å². The number of nitrogens with one attached hydrogen (secondary N) is 1. The van der Waals surface area contributed by atoms with Gasteiger partial charge in [0.15, 0.2) is 11.5 Å². The summed E-state index contributed by atoms with van der Waals surface area (Å²) in [6.45, 7) is 1.66. The van der Waals surface area contributed by atoms with Gasteiger partial charge < -0.3 is 15.2 Å². The number of carboxylic acid groups (broad SMARTS) is 1. The molecule has 0 radical (unpaired) electrons. The number of amides is 1. The van der Waals surface area contributed by atoms with E-state index in [4.69, 9.17) is 4.74 Å². The fourth-order valence-electron chi connectivity index (χ4n) is 2.51. The number of nitrogens with zero attached hydrogens (tertiary/aromatic N) is 4. The Labute approximate surface area is 154 Å². The van der Waals surface area contributed by atoms with Crippen LogP contribution in [0.25, 0.3) is 11.4 Å². The van der Waals surface area contributed by atoms with Gasteiger partial charge in [0, 0.05) is 19.4 Å². The minimum absolute atomic E-state index is 0.142. The van der Waals surface area contributed by atoms with Crippen LogP contribution in [0, 0.1) is 6.92 Å². The van der Waals surface area contributed by atoms with E-state index in [-0.39, 0.29) is 16.9 Å². The second-order valence-electron chi connectivity index (χ2n) is 5.69. The number of hydrogen-bond donors (Lipinski definition) is 2. The number of anilines is 1. The molecule has 1 aromatic carbocycles. The second kappa shape index (κ2) is 7.24. The van der Waals surface area contributed by atoms with E-state index in [0.29, 0.717) is 22.8 Å². The molecule has 9 nitrogen and oxygen atoms in total. The zero-order valence-electron chi connectivity index (χ0n) is 14.9. The van der Waals surface area contributed by atoms with E-state index in [2.05, 4.69) is 20.4 Å². The van der Waals surface area contributed by atoms with Crippen LogP contribution in [0.4, 0.5) is 5.69 Å². The van der Waals surface area contributed by atoms with Crippen molar-refractivity contribution in [1.82, 2.24) is 19.7 Å². The molecule has 9 heteroatoms. The zero-order chi connectivity index (χ0) is 19.6. The van der Waals surface area contributed by atoms with Crippen LogP contribution in [-0.2, 0) is 7.05 Å². The first-order valence-electron chi connectivity index (χ1n) is 7.96. The highest BCUT2D eigenvalue weighted by atomic mass is 16.5. The van der Waals surface area contributed by atoms with Crippen LogP contribution >= 0.6 is 0 Å². The molecule has 3 aromatic rings.